The van der Waals surface area contributed by atoms with Crippen LogP contribution in [0.3, 0.4) is 0 Å². The molecule has 13 heteroatoms. The van der Waals surface area contributed by atoms with E-state index < -0.39 is 15.8 Å². The number of thiophene rings is 1. The molecule has 0 amide bonds. The number of hydrogen-bond donors (Lipinski definition) is 0. The summed E-state index contributed by atoms with van der Waals surface area (Å²) in [7, 11) is -4.27. The summed E-state index contributed by atoms with van der Waals surface area (Å²) in [5.74, 6) is -1.04. The van der Waals surface area contributed by atoms with E-state index in [0.29, 0.717) is 22.4 Å². The Morgan fingerprint density at radius 3 is 2.38 bits per heavy atom. The second kappa shape index (κ2) is 14.4. The van der Waals surface area contributed by atoms with Crippen LogP contribution in [-0.2, 0) is 10.0 Å². The van der Waals surface area contributed by atoms with Crippen LogP contribution in [0.25, 0.3) is 16.6 Å². The Morgan fingerprint density at radius 1 is 1.19 bits per heavy atom. The molecular weight excluding hydrogens is 553 g/mol. The summed E-state index contributed by atoms with van der Waals surface area (Å²) in [6.45, 7) is 6.67. The van der Waals surface area contributed by atoms with Gasteiger partial charge in [0, 0.05) is 4.88 Å². The molecule has 0 radical (unpaired) electrons. The van der Waals surface area contributed by atoms with E-state index in [4.69, 9.17) is 16.1 Å². The van der Waals surface area contributed by atoms with Crippen LogP contribution in [0.15, 0.2) is 26.9 Å². The molecular formula is C19H16ClK3N2O5S2. The number of benzene rings is 1. The molecule has 7 nitrogen and oxygen atoms in total. The van der Waals surface area contributed by atoms with Gasteiger partial charge in [0.25, 0.3) is 0 Å². The minimum atomic E-state index is -4.27. The Kier molecular flexibility index (Phi) is 15.5. The molecule has 0 aliphatic heterocycles. The molecule has 2 aromatic heterocycles. The van der Waals surface area contributed by atoms with E-state index in [1.807, 2.05) is 0 Å². The van der Waals surface area contributed by atoms with Crippen molar-refractivity contribution < 1.29 is 177 Å². The molecule has 2 heterocycles. The number of aryl methyl sites for hydroxylation is 3. The molecule has 0 bridgehead atoms. The monoisotopic (exact) mass is 568 g/mol. The Morgan fingerprint density at radius 2 is 1.81 bits per heavy atom. The molecule has 0 fully saturated rings. The van der Waals surface area contributed by atoms with Gasteiger partial charge in [0.05, 0.1) is 21.5 Å². The van der Waals surface area contributed by atoms with E-state index in [9.17, 15) is 18.6 Å². The fraction of sp³-hybridized carbons (Fsp3) is 0.211. The first-order valence-corrected chi connectivity index (χ1v) is 11.1. The summed E-state index contributed by atoms with van der Waals surface area (Å²) in [5.41, 5.74) is 2.55. The molecule has 0 aliphatic carbocycles. The van der Waals surface area contributed by atoms with E-state index >= 15 is 0 Å². The first kappa shape index (κ1) is 34.4. The predicted molar refractivity (Wildman–Crippen MR) is 109 cm³/mol. The van der Waals surface area contributed by atoms with Gasteiger partial charge in [-0.1, -0.05) is 45.8 Å². The third-order valence-corrected chi connectivity index (χ3v) is 7.14. The maximum absolute atomic E-state index is 12.9. The summed E-state index contributed by atoms with van der Waals surface area (Å²) in [4.78, 5) is -0.286. The zero-order valence-corrected chi connectivity index (χ0v) is 30.7. The van der Waals surface area contributed by atoms with Gasteiger partial charge in [-0.05, 0) is 50.3 Å². The van der Waals surface area contributed by atoms with Gasteiger partial charge in [-0.15, -0.1) is 17.1 Å². The first-order chi connectivity index (χ1) is 13.5. The van der Waals surface area contributed by atoms with Crippen molar-refractivity contribution in [3.8, 4) is 5.75 Å². The summed E-state index contributed by atoms with van der Waals surface area (Å²) in [6, 6.07) is 2.99. The molecule has 32 heavy (non-hydrogen) atoms. The van der Waals surface area contributed by atoms with Gasteiger partial charge in [-0.3, -0.25) is 0 Å². The van der Waals surface area contributed by atoms with Crippen LogP contribution in [-0.4, -0.2) is 13.6 Å². The maximum atomic E-state index is 12.9. The molecule has 3 rings (SSSR count). The van der Waals surface area contributed by atoms with Crippen LogP contribution in [0.5, 0.6) is 5.75 Å². The topological polar surface area (TPSA) is 120 Å². The first-order valence-electron chi connectivity index (χ1n) is 8.37. The summed E-state index contributed by atoms with van der Waals surface area (Å²) >= 11 is 6.90. The Labute approximate surface area is 324 Å². The molecule has 0 saturated heterocycles. The number of hydrogen-bond acceptors (Lipinski definition) is 7. The minimum absolute atomic E-state index is 0. The SMILES string of the molecule is Cc1cc(C)c(/C=C(\[O-])c2sccc2S(=O)(=O)[N-]c2onc(C)c2Cl)c(C)c1[O-].[K+].[K+].[K+]. The van der Waals surface area contributed by atoms with E-state index in [0.717, 1.165) is 16.9 Å². The Bertz CT molecular complexity index is 1240. The quantitative estimate of drug-likeness (QED) is 0.224. The Balaban J connectivity index is 0.00000320. The van der Waals surface area contributed by atoms with Crippen LogP contribution in [0.2, 0.25) is 5.02 Å². The molecule has 1 aromatic carbocycles. The average Bonchev–Trinajstić information content (AvgIpc) is 3.26. The van der Waals surface area contributed by atoms with Crippen molar-refractivity contribution in [3.63, 3.8) is 0 Å². The molecule has 3 aromatic rings. The number of sulfonamides is 1. The fourth-order valence-electron chi connectivity index (χ4n) is 2.84. The smallest absolute Gasteiger partial charge is 0.872 e. The van der Waals surface area contributed by atoms with Gasteiger partial charge in [0.2, 0.25) is 0 Å². The average molecular weight is 569 g/mol. The van der Waals surface area contributed by atoms with Crippen molar-refractivity contribution in [2.24, 2.45) is 0 Å². The van der Waals surface area contributed by atoms with Gasteiger partial charge in [-0.2, -0.15) is 0 Å². The van der Waals surface area contributed by atoms with Gasteiger partial charge in [-0.25, -0.2) is 8.42 Å². The maximum Gasteiger partial charge on any atom is 1.00 e. The molecule has 0 unspecified atom stereocenters. The molecule has 0 saturated carbocycles. The summed E-state index contributed by atoms with van der Waals surface area (Å²) < 4.78 is 33.8. The number of halogens is 1. The Hall–Kier alpha value is 2.42. The fourth-order valence-corrected chi connectivity index (χ4v) is 5.27. The number of aromatic nitrogens is 1. The summed E-state index contributed by atoms with van der Waals surface area (Å²) in [5, 5.41) is 30.1. The zero-order valence-electron chi connectivity index (χ0n) is 18.9. The number of nitrogens with zero attached hydrogens (tertiary/aromatic N) is 2. The zero-order chi connectivity index (χ0) is 21.5. The summed E-state index contributed by atoms with van der Waals surface area (Å²) in [6.07, 6.45) is 1.28. The van der Waals surface area contributed by atoms with Crippen LogP contribution >= 0.6 is 22.9 Å². The standard InChI is InChI=1S/C19H18ClN2O5S2.3K/c1-9-7-10(2)17(24)11(3)13(9)8-14(23)18-15(5-6-28-18)29(25,26)22-19-16(20)12(4)21-27-19;;;/h5-8H,1-4H3,(H2-,21,22,23,24);;;/q-1;3*+1/p-2/b14-8-;;;. The predicted octanol–water partition coefficient (Wildman–Crippen LogP) is -5.04. The number of rotatable bonds is 5. The van der Waals surface area contributed by atoms with Crippen molar-refractivity contribution in [1.82, 2.24) is 5.16 Å². The third kappa shape index (κ3) is 7.71. The van der Waals surface area contributed by atoms with E-state index in [2.05, 4.69) is 9.88 Å². The van der Waals surface area contributed by atoms with Crippen molar-refractivity contribution in [2.45, 2.75) is 32.6 Å². The van der Waals surface area contributed by atoms with Crippen molar-refractivity contribution in [3.05, 3.63) is 60.1 Å². The molecule has 0 atom stereocenters. The molecule has 154 valence electrons. The van der Waals surface area contributed by atoms with Gasteiger partial charge < -0.3 is 19.5 Å². The normalized spacial score (nSPS) is 11.2. The molecule has 0 aliphatic rings. The third-order valence-electron chi connectivity index (χ3n) is 4.34. The van der Waals surface area contributed by atoms with Crippen LogP contribution in [0.4, 0.5) is 5.88 Å². The van der Waals surface area contributed by atoms with Crippen LogP contribution < -0.4 is 164 Å². The molecule has 0 spiro atoms. The minimum Gasteiger partial charge on any atom is -0.872 e. The van der Waals surface area contributed by atoms with E-state index in [1.54, 1.807) is 33.8 Å². The van der Waals surface area contributed by atoms with Crippen molar-refractivity contribution in [1.29, 1.82) is 0 Å². The second-order valence-corrected chi connectivity index (χ2v) is 9.32. The molecule has 0 N–H and O–H groups in total. The van der Waals surface area contributed by atoms with Gasteiger partial charge in [0.1, 0.15) is 10.0 Å². The van der Waals surface area contributed by atoms with Crippen LogP contribution in [0.1, 0.15) is 32.8 Å². The largest absolute Gasteiger partial charge is 1.00 e. The van der Waals surface area contributed by atoms with Gasteiger partial charge >= 0.3 is 154 Å². The second-order valence-electron chi connectivity index (χ2n) is 6.45. The van der Waals surface area contributed by atoms with Crippen molar-refractivity contribution >= 4 is 50.7 Å². The van der Waals surface area contributed by atoms with E-state index in [1.165, 1.54) is 17.5 Å². The van der Waals surface area contributed by atoms with Gasteiger partial charge in [0.15, 0.2) is 0 Å². The van der Waals surface area contributed by atoms with Crippen molar-refractivity contribution in [2.75, 3.05) is 0 Å². The van der Waals surface area contributed by atoms with E-state index in [-0.39, 0.29) is 181 Å². The van der Waals surface area contributed by atoms with Crippen LogP contribution in [0, 0.1) is 27.7 Å².